The first kappa shape index (κ1) is 18.5. The van der Waals surface area contributed by atoms with Gasteiger partial charge in [0.25, 0.3) is 17.4 Å². The lowest BCUT2D eigenvalue weighted by Gasteiger charge is -2.36. The molecule has 0 bridgehead atoms. The average molecular weight is 371 g/mol. The second kappa shape index (κ2) is 7.14. The molecule has 1 aliphatic rings. The topological polar surface area (TPSA) is 90.0 Å². The molecule has 0 saturated heterocycles. The summed E-state index contributed by atoms with van der Waals surface area (Å²) < 4.78 is 16.2. The lowest BCUT2D eigenvalue weighted by Crippen LogP contribution is -2.61. The van der Waals surface area contributed by atoms with Crippen LogP contribution in [0.2, 0.25) is 0 Å². The molecule has 1 aliphatic heterocycles. The van der Waals surface area contributed by atoms with Crippen molar-refractivity contribution in [3.63, 3.8) is 0 Å². The molecule has 2 aromatic rings. The maximum absolute atomic E-state index is 12.8. The summed E-state index contributed by atoms with van der Waals surface area (Å²) >= 11 is 0. The van der Waals surface area contributed by atoms with E-state index in [0.29, 0.717) is 23.1 Å². The molecular formula is C19H21N3O5. The Morgan fingerprint density at radius 3 is 2.78 bits per heavy atom. The van der Waals surface area contributed by atoms with Crippen molar-refractivity contribution in [2.75, 3.05) is 26.2 Å². The quantitative estimate of drug-likeness (QED) is 0.802. The minimum absolute atomic E-state index is 0.168. The molecule has 8 heteroatoms. The SMILES string of the molecule is COc1ccc(CNC(=O)C2(C)Oc3cccnc3N(C)C2=O)c(OC)c1. The molecule has 0 aliphatic carbocycles. The summed E-state index contributed by atoms with van der Waals surface area (Å²) in [6.45, 7) is 1.62. The van der Waals surface area contributed by atoms with Crippen molar-refractivity contribution in [1.29, 1.82) is 0 Å². The van der Waals surface area contributed by atoms with Gasteiger partial charge in [0.05, 0.1) is 14.2 Å². The van der Waals surface area contributed by atoms with Crippen LogP contribution in [0.5, 0.6) is 17.2 Å². The van der Waals surface area contributed by atoms with Gasteiger partial charge in [0.15, 0.2) is 11.6 Å². The lowest BCUT2D eigenvalue weighted by atomic mass is 10.0. The predicted molar refractivity (Wildman–Crippen MR) is 98.1 cm³/mol. The number of aromatic nitrogens is 1. The van der Waals surface area contributed by atoms with Gasteiger partial charge < -0.3 is 19.5 Å². The molecule has 1 N–H and O–H groups in total. The second-order valence-electron chi connectivity index (χ2n) is 6.19. The van der Waals surface area contributed by atoms with Crippen LogP contribution in [0, 0.1) is 0 Å². The zero-order valence-electron chi connectivity index (χ0n) is 15.6. The number of nitrogens with one attached hydrogen (secondary N) is 1. The Morgan fingerprint density at radius 2 is 2.07 bits per heavy atom. The monoisotopic (exact) mass is 371 g/mol. The second-order valence-corrected chi connectivity index (χ2v) is 6.19. The first-order valence-corrected chi connectivity index (χ1v) is 8.32. The predicted octanol–water partition coefficient (Wildman–Crippen LogP) is 1.53. The number of rotatable bonds is 5. The van der Waals surface area contributed by atoms with Crippen LogP contribution in [0.15, 0.2) is 36.5 Å². The van der Waals surface area contributed by atoms with E-state index in [9.17, 15) is 9.59 Å². The molecule has 0 saturated carbocycles. The van der Waals surface area contributed by atoms with Gasteiger partial charge >= 0.3 is 0 Å². The van der Waals surface area contributed by atoms with Gasteiger partial charge in [0, 0.05) is 31.4 Å². The molecule has 0 fully saturated rings. The van der Waals surface area contributed by atoms with E-state index in [1.807, 2.05) is 0 Å². The van der Waals surface area contributed by atoms with Crippen LogP contribution in [-0.4, -0.2) is 43.7 Å². The number of carbonyl (C=O) groups excluding carboxylic acids is 2. The van der Waals surface area contributed by atoms with Gasteiger partial charge in [-0.3, -0.25) is 14.5 Å². The van der Waals surface area contributed by atoms with Crippen molar-refractivity contribution < 1.29 is 23.8 Å². The lowest BCUT2D eigenvalue weighted by molar-refractivity contribution is -0.148. The zero-order chi connectivity index (χ0) is 19.6. The molecule has 3 rings (SSSR count). The van der Waals surface area contributed by atoms with Gasteiger partial charge in [-0.2, -0.15) is 0 Å². The number of amides is 2. The molecule has 1 atom stereocenters. The average Bonchev–Trinajstić information content (AvgIpc) is 2.70. The van der Waals surface area contributed by atoms with Gasteiger partial charge in [-0.1, -0.05) is 0 Å². The minimum Gasteiger partial charge on any atom is -0.497 e. The minimum atomic E-state index is -1.69. The summed E-state index contributed by atoms with van der Waals surface area (Å²) in [6, 6.07) is 8.63. The van der Waals surface area contributed by atoms with Crippen LogP contribution in [0.1, 0.15) is 12.5 Å². The first-order valence-electron chi connectivity index (χ1n) is 8.32. The maximum Gasteiger partial charge on any atom is 0.281 e. The van der Waals surface area contributed by atoms with E-state index in [1.54, 1.807) is 50.7 Å². The number of likely N-dealkylation sites (N-methyl/N-ethyl adjacent to an activating group) is 1. The number of ether oxygens (including phenoxy) is 3. The molecule has 1 aromatic heterocycles. The van der Waals surface area contributed by atoms with Crippen molar-refractivity contribution in [2.45, 2.75) is 19.1 Å². The molecule has 0 spiro atoms. The fourth-order valence-electron chi connectivity index (χ4n) is 2.88. The van der Waals surface area contributed by atoms with Crippen LogP contribution in [-0.2, 0) is 16.1 Å². The highest BCUT2D eigenvalue weighted by atomic mass is 16.5. The van der Waals surface area contributed by atoms with Gasteiger partial charge in [0.1, 0.15) is 11.5 Å². The normalized spacial score (nSPS) is 18.4. The van der Waals surface area contributed by atoms with E-state index in [-0.39, 0.29) is 6.54 Å². The van der Waals surface area contributed by atoms with Crippen molar-refractivity contribution in [1.82, 2.24) is 10.3 Å². The Kier molecular flexibility index (Phi) is 4.89. The van der Waals surface area contributed by atoms with Crippen molar-refractivity contribution in [3.8, 4) is 17.2 Å². The smallest absolute Gasteiger partial charge is 0.281 e. The molecular weight excluding hydrogens is 350 g/mol. The molecule has 1 unspecified atom stereocenters. The standard InChI is InChI=1S/C19H21N3O5/c1-19(18(24)22(2)16-14(27-19)6-5-9-20-16)17(23)21-11-12-7-8-13(25-3)10-15(12)26-4/h5-10H,11H2,1-4H3,(H,21,23). The van der Waals surface area contributed by atoms with E-state index in [2.05, 4.69) is 10.3 Å². The number of hydrogen-bond donors (Lipinski definition) is 1. The Balaban J connectivity index is 1.79. The molecule has 27 heavy (non-hydrogen) atoms. The first-order chi connectivity index (χ1) is 12.9. The van der Waals surface area contributed by atoms with Gasteiger partial charge in [-0.25, -0.2) is 4.98 Å². The molecule has 2 heterocycles. The van der Waals surface area contributed by atoms with Crippen LogP contribution >= 0.6 is 0 Å². The van der Waals surface area contributed by atoms with Crippen LogP contribution in [0.25, 0.3) is 0 Å². The van der Waals surface area contributed by atoms with Gasteiger partial charge in [0.2, 0.25) is 0 Å². The molecule has 0 radical (unpaired) electrons. The summed E-state index contributed by atoms with van der Waals surface area (Å²) in [5, 5.41) is 2.75. The van der Waals surface area contributed by atoms with Crippen molar-refractivity contribution >= 4 is 17.6 Å². The number of nitrogens with zero attached hydrogens (tertiary/aromatic N) is 2. The Hall–Kier alpha value is -3.29. The Labute approximate surface area is 157 Å². The number of methoxy groups -OCH3 is 2. The largest absolute Gasteiger partial charge is 0.497 e. The van der Waals surface area contributed by atoms with E-state index >= 15 is 0 Å². The third-order valence-corrected chi connectivity index (χ3v) is 4.46. The molecule has 142 valence electrons. The highest BCUT2D eigenvalue weighted by Gasteiger charge is 2.50. The van der Waals surface area contributed by atoms with E-state index < -0.39 is 17.4 Å². The summed E-state index contributed by atoms with van der Waals surface area (Å²) in [4.78, 5) is 31.0. The third-order valence-electron chi connectivity index (χ3n) is 4.46. The number of pyridine rings is 1. The van der Waals surface area contributed by atoms with E-state index in [0.717, 1.165) is 5.56 Å². The van der Waals surface area contributed by atoms with Crippen LogP contribution in [0.4, 0.5) is 5.82 Å². The molecule has 8 nitrogen and oxygen atoms in total. The Morgan fingerprint density at radius 1 is 1.30 bits per heavy atom. The number of hydrogen-bond acceptors (Lipinski definition) is 6. The molecule has 1 aromatic carbocycles. The van der Waals surface area contributed by atoms with E-state index in [4.69, 9.17) is 14.2 Å². The van der Waals surface area contributed by atoms with Gasteiger partial charge in [-0.05, 0) is 31.2 Å². The zero-order valence-corrected chi connectivity index (χ0v) is 15.6. The number of benzene rings is 1. The van der Waals surface area contributed by atoms with Crippen molar-refractivity contribution in [2.24, 2.45) is 0 Å². The van der Waals surface area contributed by atoms with Crippen LogP contribution < -0.4 is 24.4 Å². The number of fused-ring (bicyclic) bond motifs is 1. The third kappa shape index (κ3) is 3.25. The summed E-state index contributed by atoms with van der Waals surface area (Å²) in [5.41, 5.74) is -0.946. The fraction of sp³-hybridized carbons (Fsp3) is 0.316. The van der Waals surface area contributed by atoms with Gasteiger partial charge in [-0.15, -0.1) is 0 Å². The van der Waals surface area contributed by atoms with Crippen molar-refractivity contribution in [3.05, 3.63) is 42.1 Å². The summed E-state index contributed by atoms with van der Waals surface area (Å²) in [6.07, 6.45) is 1.56. The molecule has 2 amide bonds. The van der Waals surface area contributed by atoms with Crippen LogP contribution in [0.3, 0.4) is 0 Å². The Bertz CT molecular complexity index is 885. The number of anilines is 1. The maximum atomic E-state index is 12.8. The summed E-state index contributed by atoms with van der Waals surface area (Å²) in [7, 11) is 4.66. The highest BCUT2D eigenvalue weighted by molar-refractivity contribution is 6.15. The highest BCUT2D eigenvalue weighted by Crippen LogP contribution is 2.35. The summed E-state index contributed by atoms with van der Waals surface area (Å²) in [5.74, 6) is 0.927. The fourth-order valence-corrected chi connectivity index (χ4v) is 2.88. The number of carbonyl (C=O) groups is 2. The van der Waals surface area contributed by atoms with E-state index in [1.165, 1.54) is 18.9 Å².